The van der Waals surface area contributed by atoms with Crippen LogP contribution in [0.25, 0.3) is 0 Å². The Kier molecular flexibility index (Phi) is 7.45. The Hall–Kier alpha value is -3.42. The van der Waals surface area contributed by atoms with E-state index in [0.717, 1.165) is 24.0 Å². The first-order valence-electron chi connectivity index (χ1n) is 12.0. The zero-order valence-electron chi connectivity index (χ0n) is 19.5. The Morgan fingerprint density at radius 3 is 2.38 bits per heavy atom. The molecule has 0 spiro atoms. The van der Waals surface area contributed by atoms with Crippen LogP contribution in [-0.4, -0.2) is 59.2 Å². The molecule has 34 heavy (non-hydrogen) atoms. The van der Waals surface area contributed by atoms with Gasteiger partial charge >= 0.3 is 0 Å². The van der Waals surface area contributed by atoms with Gasteiger partial charge in [-0.05, 0) is 43.7 Å². The molecule has 1 aromatic rings. The van der Waals surface area contributed by atoms with Gasteiger partial charge in [0.2, 0.25) is 23.6 Å². The van der Waals surface area contributed by atoms with Crippen molar-refractivity contribution in [2.45, 2.75) is 69.6 Å². The fourth-order valence-corrected chi connectivity index (χ4v) is 4.76. The van der Waals surface area contributed by atoms with Gasteiger partial charge in [0.1, 0.15) is 24.2 Å². The molecular weight excluding hydrogens is 432 g/mol. The molecule has 1 aliphatic carbocycles. The molecule has 0 saturated carbocycles. The van der Waals surface area contributed by atoms with Crippen LogP contribution in [0.4, 0.5) is 0 Å². The third-order valence-corrected chi connectivity index (χ3v) is 6.63. The molecule has 8 nitrogen and oxygen atoms in total. The summed E-state index contributed by atoms with van der Waals surface area (Å²) >= 11 is 0. The second kappa shape index (κ2) is 10.7. The first-order chi connectivity index (χ1) is 16.4. The van der Waals surface area contributed by atoms with Crippen LogP contribution in [0.1, 0.15) is 44.6 Å². The smallest absolute Gasteiger partial charge is 0.246 e. The summed E-state index contributed by atoms with van der Waals surface area (Å²) in [6.07, 6.45) is 9.73. The molecule has 3 N–H and O–H groups in total. The summed E-state index contributed by atoms with van der Waals surface area (Å²) < 4.78 is 0. The van der Waals surface area contributed by atoms with Crippen molar-refractivity contribution in [3.63, 3.8) is 0 Å². The second-order valence-corrected chi connectivity index (χ2v) is 9.19. The summed E-state index contributed by atoms with van der Waals surface area (Å²) in [5, 5.41) is 8.44. The standard InChI is InChI=1S/C26H32N4O4/c1-17-23(31)28-20(15-18-9-4-2-5-10-18)24(32)29-21(16-19-11-6-3-7-12-19)26(34)30-14-8-13-22(30)25(33)27-17/h3-4,6-7,9-12,17,20-22H,2,5,8,13-16H2,1H3,(H,27,33)(H,28,31)(H,29,32)/t17-,20-,21-,22?/m0/s1. The Balaban J connectivity index is 1.64. The number of nitrogens with one attached hydrogen (secondary N) is 3. The summed E-state index contributed by atoms with van der Waals surface area (Å²) in [6.45, 7) is 2.03. The predicted molar refractivity (Wildman–Crippen MR) is 127 cm³/mol. The van der Waals surface area contributed by atoms with E-state index in [2.05, 4.69) is 22.0 Å². The number of carbonyl (C=O) groups excluding carboxylic acids is 4. The van der Waals surface area contributed by atoms with Crippen molar-refractivity contribution >= 4 is 23.6 Å². The maximum atomic E-state index is 13.6. The molecule has 4 atom stereocenters. The number of allylic oxidation sites excluding steroid dienone is 3. The van der Waals surface area contributed by atoms with E-state index in [1.165, 1.54) is 0 Å². The average molecular weight is 465 g/mol. The molecule has 3 aliphatic rings. The fourth-order valence-electron chi connectivity index (χ4n) is 4.76. The van der Waals surface area contributed by atoms with E-state index in [9.17, 15) is 19.2 Å². The highest BCUT2D eigenvalue weighted by Crippen LogP contribution is 2.21. The molecule has 8 heteroatoms. The lowest BCUT2D eigenvalue weighted by Gasteiger charge is -2.32. The monoisotopic (exact) mass is 464 g/mol. The number of rotatable bonds is 4. The van der Waals surface area contributed by atoms with Gasteiger partial charge in [-0.3, -0.25) is 19.2 Å². The third kappa shape index (κ3) is 5.55. The molecule has 2 heterocycles. The molecule has 2 aliphatic heterocycles. The molecule has 0 bridgehead atoms. The number of hydrogen-bond donors (Lipinski definition) is 3. The highest BCUT2D eigenvalue weighted by molar-refractivity contribution is 5.97. The molecule has 4 amide bonds. The van der Waals surface area contributed by atoms with E-state index in [4.69, 9.17) is 0 Å². The van der Waals surface area contributed by atoms with Gasteiger partial charge in [0.15, 0.2) is 0 Å². The number of carbonyl (C=O) groups is 4. The van der Waals surface area contributed by atoms with Gasteiger partial charge in [0.05, 0.1) is 0 Å². The lowest BCUT2D eigenvalue weighted by molar-refractivity contribution is -0.143. The quantitative estimate of drug-likeness (QED) is 0.626. The van der Waals surface area contributed by atoms with Gasteiger partial charge in [0, 0.05) is 19.4 Å². The first kappa shape index (κ1) is 23.7. The topological polar surface area (TPSA) is 108 Å². The summed E-state index contributed by atoms with van der Waals surface area (Å²) in [5.41, 5.74) is 1.86. The van der Waals surface area contributed by atoms with Gasteiger partial charge in [-0.15, -0.1) is 0 Å². The van der Waals surface area contributed by atoms with Crippen LogP contribution in [0.5, 0.6) is 0 Å². The molecule has 180 valence electrons. The van der Waals surface area contributed by atoms with Crippen LogP contribution >= 0.6 is 0 Å². The minimum Gasteiger partial charge on any atom is -0.343 e. The Bertz CT molecular complexity index is 1000. The van der Waals surface area contributed by atoms with Gasteiger partial charge < -0.3 is 20.9 Å². The molecule has 4 rings (SSSR count). The predicted octanol–water partition coefficient (Wildman–Crippen LogP) is 1.37. The minimum atomic E-state index is -0.860. The van der Waals surface area contributed by atoms with Gasteiger partial charge in [-0.2, -0.15) is 0 Å². The Morgan fingerprint density at radius 1 is 0.882 bits per heavy atom. The number of hydrogen-bond acceptors (Lipinski definition) is 4. The van der Waals surface area contributed by atoms with Gasteiger partial charge in [0.25, 0.3) is 0 Å². The number of nitrogens with zero attached hydrogens (tertiary/aromatic N) is 1. The van der Waals surface area contributed by atoms with Crippen LogP contribution < -0.4 is 16.0 Å². The van der Waals surface area contributed by atoms with Crippen molar-refractivity contribution in [2.75, 3.05) is 6.54 Å². The molecule has 0 radical (unpaired) electrons. The lowest BCUT2D eigenvalue weighted by atomic mass is 9.98. The van der Waals surface area contributed by atoms with Crippen molar-refractivity contribution in [3.05, 3.63) is 59.7 Å². The molecular formula is C26H32N4O4. The van der Waals surface area contributed by atoms with Crippen molar-refractivity contribution in [3.8, 4) is 0 Å². The number of amides is 4. The van der Waals surface area contributed by atoms with Crippen LogP contribution in [-0.2, 0) is 25.6 Å². The average Bonchev–Trinajstić information content (AvgIpc) is 3.33. The van der Waals surface area contributed by atoms with Crippen molar-refractivity contribution in [1.82, 2.24) is 20.9 Å². The van der Waals surface area contributed by atoms with Gasteiger partial charge in [-0.25, -0.2) is 0 Å². The van der Waals surface area contributed by atoms with Gasteiger partial charge in [-0.1, -0.05) is 48.6 Å². The van der Waals surface area contributed by atoms with E-state index < -0.39 is 36.0 Å². The fraction of sp³-hybridized carbons (Fsp3) is 0.462. The largest absolute Gasteiger partial charge is 0.343 e. The normalized spacial score (nSPS) is 28.1. The summed E-state index contributed by atoms with van der Waals surface area (Å²) in [4.78, 5) is 54.4. The maximum Gasteiger partial charge on any atom is 0.246 e. The highest BCUT2D eigenvalue weighted by atomic mass is 16.2. The van der Waals surface area contributed by atoms with Crippen LogP contribution in [0.15, 0.2) is 54.1 Å². The second-order valence-electron chi connectivity index (χ2n) is 9.19. The lowest BCUT2D eigenvalue weighted by Crippen LogP contribution is -2.61. The summed E-state index contributed by atoms with van der Waals surface area (Å²) in [5.74, 6) is -1.44. The van der Waals surface area contributed by atoms with E-state index in [-0.39, 0.29) is 11.8 Å². The molecule has 1 aromatic carbocycles. The summed E-state index contributed by atoms with van der Waals surface area (Å²) in [7, 11) is 0. The molecule has 1 unspecified atom stereocenters. The van der Waals surface area contributed by atoms with Crippen LogP contribution in [0.2, 0.25) is 0 Å². The molecule has 2 saturated heterocycles. The number of benzene rings is 1. The zero-order valence-corrected chi connectivity index (χ0v) is 19.5. The summed E-state index contributed by atoms with van der Waals surface area (Å²) in [6, 6.07) is 6.30. The highest BCUT2D eigenvalue weighted by Gasteiger charge is 2.40. The van der Waals surface area contributed by atoms with E-state index >= 15 is 0 Å². The van der Waals surface area contributed by atoms with E-state index in [0.29, 0.717) is 32.2 Å². The zero-order chi connectivity index (χ0) is 24.1. The van der Waals surface area contributed by atoms with Crippen molar-refractivity contribution in [2.24, 2.45) is 0 Å². The molecule has 0 aromatic heterocycles. The Morgan fingerprint density at radius 2 is 1.65 bits per heavy atom. The first-order valence-corrected chi connectivity index (χ1v) is 12.0. The van der Waals surface area contributed by atoms with Crippen LogP contribution in [0.3, 0.4) is 0 Å². The maximum absolute atomic E-state index is 13.6. The van der Waals surface area contributed by atoms with Crippen molar-refractivity contribution < 1.29 is 19.2 Å². The van der Waals surface area contributed by atoms with Crippen LogP contribution in [0, 0.1) is 0 Å². The molecule has 2 fully saturated rings. The Labute approximate surface area is 199 Å². The van der Waals surface area contributed by atoms with Crippen molar-refractivity contribution in [1.29, 1.82) is 0 Å². The minimum absolute atomic E-state index is 0.273. The van der Waals surface area contributed by atoms with E-state index in [1.807, 2.05) is 42.5 Å². The van der Waals surface area contributed by atoms with E-state index in [1.54, 1.807) is 11.8 Å². The number of fused-ring (bicyclic) bond motifs is 1. The third-order valence-electron chi connectivity index (χ3n) is 6.63. The SMILES string of the molecule is C[C@@H]1NC(=O)C2CCCN2C(=O)[C@H](Cc2ccccc2)NC(=O)[C@H](CC2=CCCC=C2)NC1=O.